The summed E-state index contributed by atoms with van der Waals surface area (Å²) in [6, 6.07) is 19.3. The predicted molar refractivity (Wildman–Crippen MR) is 130 cm³/mol. The normalized spacial score (nSPS) is 11.5. The van der Waals surface area contributed by atoms with Crippen molar-refractivity contribution in [1.29, 1.82) is 0 Å². The number of nitrogens with one attached hydrogen (secondary N) is 1. The van der Waals surface area contributed by atoms with Crippen LogP contribution in [0.4, 0.5) is 5.82 Å². The number of anilines is 1. The molecule has 8 heteroatoms. The number of rotatable bonds is 7. The monoisotopic (exact) mass is 462 g/mol. The first kappa shape index (κ1) is 22.7. The first-order chi connectivity index (χ1) is 15.8. The molecule has 170 valence electrons. The van der Waals surface area contributed by atoms with Gasteiger partial charge in [-0.15, -0.1) is 11.3 Å². The molecule has 0 radical (unpaired) electrons. The Hall–Kier alpha value is -3.52. The number of thiazole rings is 1. The first-order valence-corrected chi connectivity index (χ1v) is 11.6. The minimum absolute atomic E-state index is 0.170. The summed E-state index contributed by atoms with van der Waals surface area (Å²) in [4.78, 5) is 29.2. The highest BCUT2D eigenvalue weighted by Gasteiger charge is 2.21. The molecule has 2 heterocycles. The van der Waals surface area contributed by atoms with Crippen LogP contribution >= 0.6 is 11.3 Å². The van der Waals surface area contributed by atoms with Crippen LogP contribution in [0.1, 0.15) is 37.9 Å². The molecule has 0 saturated heterocycles. The van der Waals surface area contributed by atoms with E-state index in [1.165, 1.54) is 0 Å². The van der Waals surface area contributed by atoms with Gasteiger partial charge in [0.05, 0.1) is 33.0 Å². The lowest BCUT2D eigenvalue weighted by atomic mass is 9.92. The van der Waals surface area contributed by atoms with E-state index in [2.05, 4.69) is 36.2 Å². The predicted octanol–water partition coefficient (Wildman–Crippen LogP) is 4.89. The number of ether oxygens (including phenoxy) is 1. The molecular weight excluding hydrogens is 436 g/mol. The Morgan fingerprint density at radius 2 is 1.79 bits per heavy atom. The van der Waals surface area contributed by atoms with E-state index in [0.717, 1.165) is 26.6 Å². The number of hydrogen-bond donors (Lipinski definition) is 1. The molecule has 0 aliphatic rings. The third-order valence-corrected chi connectivity index (χ3v) is 6.09. The minimum atomic E-state index is -0.434. The van der Waals surface area contributed by atoms with Crippen molar-refractivity contribution in [1.82, 2.24) is 14.8 Å². The molecule has 0 saturated carbocycles. The van der Waals surface area contributed by atoms with Gasteiger partial charge in [0.15, 0.2) is 6.61 Å². The molecule has 1 amide bonds. The van der Waals surface area contributed by atoms with Crippen LogP contribution in [0, 0.1) is 0 Å². The number of carbonyl (C=O) groups is 2. The molecule has 1 N–H and O–H groups in total. The van der Waals surface area contributed by atoms with E-state index in [1.54, 1.807) is 16.0 Å². The average Bonchev–Trinajstić information content (AvgIpc) is 3.41. The summed E-state index contributed by atoms with van der Waals surface area (Å²) < 4.78 is 7.96. The van der Waals surface area contributed by atoms with E-state index >= 15 is 0 Å². The Balaban J connectivity index is 1.35. The van der Waals surface area contributed by atoms with Crippen molar-refractivity contribution in [2.75, 3.05) is 11.9 Å². The molecule has 0 bridgehead atoms. The van der Waals surface area contributed by atoms with E-state index < -0.39 is 11.9 Å². The summed E-state index contributed by atoms with van der Waals surface area (Å²) in [5.74, 6) is -0.320. The molecule has 0 spiro atoms. The highest BCUT2D eigenvalue weighted by Crippen LogP contribution is 2.26. The topological polar surface area (TPSA) is 86.1 Å². The largest absolute Gasteiger partial charge is 0.456 e. The fraction of sp³-hybridized carbons (Fsp3) is 0.280. The molecule has 7 nitrogen and oxygen atoms in total. The van der Waals surface area contributed by atoms with E-state index in [9.17, 15) is 9.59 Å². The van der Waals surface area contributed by atoms with Crippen molar-refractivity contribution < 1.29 is 14.3 Å². The number of aromatic nitrogens is 3. The Kier molecular flexibility index (Phi) is 6.55. The number of fused-ring (bicyclic) bond motifs is 1. The molecule has 0 aliphatic heterocycles. The van der Waals surface area contributed by atoms with Gasteiger partial charge in [0, 0.05) is 17.9 Å². The second-order valence-corrected chi connectivity index (χ2v) is 9.81. The third kappa shape index (κ3) is 5.64. The van der Waals surface area contributed by atoms with Crippen molar-refractivity contribution >= 4 is 39.2 Å². The number of nitrogens with zero attached hydrogens (tertiary/aromatic N) is 3. The van der Waals surface area contributed by atoms with Crippen molar-refractivity contribution in [3.8, 4) is 5.69 Å². The van der Waals surface area contributed by atoms with Crippen molar-refractivity contribution in [2.45, 2.75) is 39.0 Å². The van der Waals surface area contributed by atoms with Crippen LogP contribution in [0.3, 0.4) is 0 Å². The molecule has 2 aromatic carbocycles. The molecule has 0 unspecified atom stereocenters. The second kappa shape index (κ2) is 9.54. The standard InChI is InChI=1S/C25H26N4O3S/c1-25(2,3)20-15-21(29(28-20)17-9-5-4-6-10-17)27-22(30)16-32-24(31)14-13-23-26-18-11-7-8-12-19(18)33-23/h4-12,15H,13-14,16H2,1-3H3,(H,27,30). The quantitative estimate of drug-likeness (QED) is 0.395. The van der Waals surface area contributed by atoms with Crippen LogP contribution in [0.15, 0.2) is 60.7 Å². The zero-order chi connectivity index (χ0) is 23.4. The fourth-order valence-corrected chi connectivity index (χ4v) is 4.20. The number of hydrogen-bond acceptors (Lipinski definition) is 6. The summed E-state index contributed by atoms with van der Waals surface area (Å²) in [5.41, 5.74) is 2.41. The maximum absolute atomic E-state index is 12.5. The summed E-state index contributed by atoms with van der Waals surface area (Å²) >= 11 is 1.56. The van der Waals surface area contributed by atoms with E-state index in [4.69, 9.17) is 4.74 Å². The van der Waals surface area contributed by atoms with Gasteiger partial charge in [-0.2, -0.15) is 5.10 Å². The van der Waals surface area contributed by atoms with Gasteiger partial charge < -0.3 is 10.1 Å². The molecule has 0 aliphatic carbocycles. The molecule has 2 aromatic heterocycles. The zero-order valence-electron chi connectivity index (χ0n) is 18.9. The Morgan fingerprint density at radius 3 is 2.52 bits per heavy atom. The first-order valence-electron chi connectivity index (χ1n) is 10.8. The Bertz CT molecular complexity index is 1240. The molecular formula is C25H26N4O3S. The lowest BCUT2D eigenvalue weighted by molar-refractivity contribution is -0.147. The molecule has 0 fully saturated rings. The van der Waals surface area contributed by atoms with E-state index in [1.807, 2.05) is 60.7 Å². The maximum atomic E-state index is 12.5. The van der Waals surface area contributed by atoms with Gasteiger partial charge in [0.25, 0.3) is 5.91 Å². The molecule has 4 rings (SSSR count). The second-order valence-electron chi connectivity index (χ2n) is 8.70. The zero-order valence-corrected chi connectivity index (χ0v) is 19.7. The van der Waals surface area contributed by atoms with Gasteiger partial charge >= 0.3 is 5.97 Å². The van der Waals surface area contributed by atoms with Crippen LogP contribution in [-0.2, 0) is 26.2 Å². The smallest absolute Gasteiger partial charge is 0.306 e. The van der Waals surface area contributed by atoms with Gasteiger partial charge in [-0.3, -0.25) is 9.59 Å². The number of para-hydroxylation sites is 2. The number of esters is 1. The third-order valence-electron chi connectivity index (χ3n) is 4.99. The molecule has 33 heavy (non-hydrogen) atoms. The lowest BCUT2D eigenvalue weighted by Gasteiger charge is -2.14. The Morgan fingerprint density at radius 1 is 1.06 bits per heavy atom. The Labute approximate surface area is 196 Å². The SMILES string of the molecule is CC(C)(C)c1cc(NC(=O)COC(=O)CCc2nc3ccccc3s2)n(-c2ccccc2)n1. The average molecular weight is 463 g/mol. The number of benzene rings is 2. The van der Waals surface area contributed by atoms with Gasteiger partial charge in [-0.1, -0.05) is 51.1 Å². The van der Waals surface area contributed by atoms with Crippen LogP contribution in [-0.4, -0.2) is 33.2 Å². The van der Waals surface area contributed by atoms with Crippen molar-refractivity contribution in [2.24, 2.45) is 0 Å². The van der Waals surface area contributed by atoms with Gasteiger partial charge in [-0.05, 0) is 24.3 Å². The van der Waals surface area contributed by atoms with Crippen LogP contribution < -0.4 is 5.32 Å². The van der Waals surface area contributed by atoms with Gasteiger partial charge in [0.1, 0.15) is 5.82 Å². The van der Waals surface area contributed by atoms with Crippen molar-refractivity contribution in [3.05, 3.63) is 71.4 Å². The number of amides is 1. The lowest BCUT2D eigenvalue weighted by Crippen LogP contribution is -2.22. The number of aryl methyl sites for hydroxylation is 1. The molecule has 4 aromatic rings. The summed E-state index contributed by atoms with van der Waals surface area (Å²) in [6.45, 7) is 5.82. The van der Waals surface area contributed by atoms with Crippen LogP contribution in [0.5, 0.6) is 0 Å². The van der Waals surface area contributed by atoms with Gasteiger partial charge in [-0.25, -0.2) is 9.67 Å². The highest BCUT2D eigenvalue weighted by molar-refractivity contribution is 7.18. The summed E-state index contributed by atoms with van der Waals surface area (Å²) in [6.07, 6.45) is 0.652. The maximum Gasteiger partial charge on any atom is 0.306 e. The van der Waals surface area contributed by atoms with Gasteiger partial charge in [0.2, 0.25) is 0 Å². The minimum Gasteiger partial charge on any atom is -0.456 e. The summed E-state index contributed by atoms with van der Waals surface area (Å²) in [7, 11) is 0. The number of carbonyl (C=O) groups excluding carboxylic acids is 2. The van der Waals surface area contributed by atoms with E-state index in [-0.39, 0.29) is 18.4 Å². The van der Waals surface area contributed by atoms with Crippen LogP contribution in [0.25, 0.3) is 15.9 Å². The van der Waals surface area contributed by atoms with Crippen molar-refractivity contribution in [3.63, 3.8) is 0 Å². The fourth-order valence-electron chi connectivity index (χ4n) is 3.24. The van der Waals surface area contributed by atoms with Crippen LogP contribution in [0.2, 0.25) is 0 Å². The highest BCUT2D eigenvalue weighted by atomic mass is 32.1. The molecule has 0 atom stereocenters. The van der Waals surface area contributed by atoms with E-state index in [0.29, 0.717) is 12.2 Å². The summed E-state index contributed by atoms with van der Waals surface area (Å²) in [5, 5.41) is 8.37.